The van der Waals surface area contributed by atoms with Crippen molar-refractivity contribution in [1.82, 2.24) is 9.97 Å². The summed E-state index contributed by atoms with van der Waals surface area (Å²) in [5, 5.41) is 2.89. The average Bonchev–Trinajstić information content (AvgIpc) is 2.82. The maximum absolute atomic E-state index is 12.5. The van der Waals surface area contributed by atoms with Crippen molar-refractivity contribution in [2.24, 2.45) is 0 Å². The Morgan fingerprint density at radius 1 is 1.10 bits per heavy atom. The Morgan fingerprint density at radius 2 is 1.77 bits per heavy atom. The monoisotopic (exact) mass is 420 g/mol. The van der Waals surface area contributed by atoms with Crippen molar-refractivity contribution in [3.8, 4) is 5.88 Å². The molecular formula is C24H28N4O3. The Balaban J connectivity index is 1.46. The lowest BCUT2D eigenvalue weighted by Crippen LogP contribution is -2.37. The predicted molar refractivity (Wildman–Crippen MR) is 122 cm³/mol. The molecule has 2 aromatic carbocycles. The molecule has 0 saturated carbocycles. The molecule has 0 aliphatic carbocycles. The maximum atomic E-state index is 12.5. The first kappa shape index (κ1) is 21.1. The molecule has 7 heteroatoms. The van der Waals surface area contributed by atoms with Gasteiger partial charge >= 0.3 is 0 Å². The average molecular weight is 421 g/mol. The van der Waals surface area contributed by atoms with Crippen LogP contribution in [0.3, 0.4) is 0 Å². The number of anilines is 2. The molecule has 2 heterocycles. The molecule has 0 radical (unpaired) electrons. The van der Waals surface area contributed by atoms with Crippen LogP contribution in [0, 0.1) is 0 Å². The molecule has 4 rings (SSSR count). The number of nitrogens with one attached hydrogen (secondary N) is 1. The first-order chi connectivity index (χ1) is 15.1. The molecule has 162 valence electrons. The third kappa shape index (κ3) is 5.11. The van der Waals surface area contributed by atoms with Gasteiger partial charge in [-0.3, -0.25) is 4.79 Å². The van der Waals surface area contributed by atoms with E-state index in [1.54, 1.807) is 0 Å². The van der Waals surface area contributed by atoms with Gasteiger partial charge in [0.05, 0.1) is 24.2 Å². The predicted octanol–water partition coefficient (Wildman–Crippen LogP) is 4.00. The second-order valence-corrected chi connectivity index (χ2v) is 7.71. The number of benzene rings is 2. The highest BCUT2D eigenvalue weighted by Crippen LogP contribution is 2.28. The summed E-state index contributed by atoms with van der Waals surface area (Å²) in [5.41, 5.74) is 3.54. The molecule has 3 aromatic rings. The highest BCUT2D eigenvalue weighted by atomic mass is 16.5. The molecule has 1 atom stereocenters. The van der Waals surface area contributed by atoms with Crippen molar-refractivity contribution in [1.29, 1.82) is 0 Å². The van der Waals surface area contributed by atoms with Gasteiger partial charge in [-0.1, -0.05) is 38.1 Å². The number of carbonyl (C=O) groups excluding carboxylic acids is 1. The van der Waals surface area contributed by atoms with Gasteiger partial charge in [0.25, 0.3) is 11.8 Å². The second-order valence-electron chi connectivity index (χ2n) is 7.71. The Hall–Kier alpha value is -3.19. The van der Waals surface area contributed by atoms with E-state index in [4.69, 9.17) is 14.5 Å². The third-order valence-electron chi connectivity index (χ3n) is 5.55. The van der Waals surface area contributed by atoms with Crippen LogP contribution in [0.25, 0.3) is 11.0 Å². The lowest BCUT2D eigenvalue weighted by Gasteiger charge is -2.28. The lowest BCUT2D eigenvalue weighted by molar-refractivity contribution is -0.118. The minimum absolute atomic E-state index is 0.141. The molecule has 1 aromatic heterocycles. The van der Waals surface area contributed by atoms with Crippen LogP contribution in [0.5, 0.6) is 5.88 Å². The van der Waals surface area contributed by atoms with Crippen LogP contribution in [0.4, 0.5) is 11.5 Å². The van der Waals surface area contributed by atoms with E-state index in [0.717, 1.165) is 23.1 Å². The summed E-state index contributed by atoms with van der Waals surface area (Å²) in [6.07, 6.45) is 1.08. The fraction of sp³-hybridized carbons (Fsp3) is 0.375. The van der Waals surface area contributed by atoms with Gasteiger partial charge < -0.3 is 19.7 Å². The van der Waals surface area contributed by atoms with Crippen LogP contribution in [0.15, 0.2) is 48.5 Å². The van der Waals surface area contributed by atoms with Gasteiger partial charge in [0.1, 0.15) is 0 Å². The highest BCUT2D eigenvalue weighted by molar-refractivity contribution is 5.92. The molecule has 31 heavy (non-hydrogen) atoms. The van der Waals surface area contributed by atoms with Crippen LogP contribution in [0.1, 0.15) is 31.7 Å². The number of ether oxygens (including phenoxy) is 2. The summed E-state index contributed by atoms with van der Waals surface area (Å²) in [7, 11) is 0. The number of carbonyl (C=O) groups is 1. The maximum Gasteiger partial charge on any atom is 0.262 e. The normalized spacial score (nSPS) is 15.0. The molecule has 0 spiro atoms. The number of hydrogen-bond acceptors (Lipinski definition) is 6. The zero-order valence-corrected chi connectivity index (χ0v) is 18.0. The number of rotatable bonds is 7. The van der Waals surface area contributed by atoms with Crippen LogP contribution in [0.2, 0.25) is 0 Å². The van der Waals surface area contributed by atoms with E-state index in [9.17, 15) is 4.79 Å². The van der Waals surface area contributed by atoms with E-state index in [1.807, 2.05) is 36.4 Å². The molecule has 1 fully saturated rings. The molecule has 0 unspecified atom stereocenters. The van der Waals surface area contributed by atoms with Crippen LogP contribution in [-0.4, -0.2) is 48.8 Å². The number of para-hydroxylation sites is 2. The zero-order valence-electron chi connectivity index (χ0n) is 18.0. The molecule has 1 saturated heterocycles. The Morgan fingerprint density at radius 3 is 2.45 bits per heavy atom. The quantitative estimate of drug-likeness (QED) is 0.623. The van der Waals surface area contributed by atoms with Crippen molar-refractivity contribution in [3.05, 3.63) is 54.1 Å². The fourth-order valence-corrected chi connectivity index (χ4v) is 3.51. The number of nitrogens with zero attached hydrogens (tertiary/aromatic N) is 3. The van der Waals surface area contributed by atoms with Crippen molar-refractivity contribution in [3.63, 3.8) is 0 Å². The van der Waals surface area contributed by atoms with Gasteiger partial charge in [-0.15, -0.1) is 0 Å². The Labute approximate surface area is 182 Å². The van der Waals surface area contributed by atoms with Crippen LogP contribution >= 0.6 is 0 Å². The van der Waals surface area contributed by atoms with E-state index in [-0.39, 0.29) is 12.5 Å². The Kier molecular flexibility index (Phi) is 6.62. The SMILES string of the molecule is CC[C@@H](C)c1ccc(NC(=O)COc2nc3ccccc3nc2N2CCOCC2)cc1. The van der Waals surface area contributed by atoms with Gasteiger partial charge in [-0.2, -0.15) is 0 Å². The molecule has 1 N–H and O–H groups in total. The molecule has 7 nitrogen and oxygen atoms in total. The molecule has 0 bridgehead atoms. The summed E-state index contributed by atoms with van der Waals surface area (Å²) in [6, 6.07) is 15.6. The standard InChI is InChI=1S/C24H28N4O3/c1-3-17(2)18-8-10-19(11-9-18)25-22(29)16-31-24-23(28-12-14-30-15-13-28)26-20-6-4-5-7-21(20)27-24/h4-11,17H,3,12-16H2,1-2H3,(H,25,29)/t17-/m1/s1. The summed E-state index contributed by atoms with van der Waals surface area (Å²) >= 11 is 0. The van der Waals surface area contributed by atoms with Gasteiger partial charge in [0.2, 0.25) is 0 Å². The number of fused-ring (bicyclic) bond motifs is 1. The van der Waals surface area contributed by atoms with Crippen molar-refractivity contribution >= 4 is 28.4 Å². The van der Waals surface area contributed by atoms with Crippen molar-refractivity contribution in [2.75, 3.05) is 43.1 Å². The lowest BCUT2D eigenvalue weighted by atomic mass is 9.99. The summed E-state index contributed by atoms with van der Waals surface area (Å²) in [4.78, 5) is 23.9. The zero-order chi connectivity index (χ0) is 21.6. The van der Waals surface area contributed by atoms with E-state index >= 15 is 0 Å². The molecule has 1 aliphatic heterocycles. The molecular weight excluding hydrogens is 392 g/mol. The van der Waals surface area contributed by atoms with E-state index in [1.165, 1.54) is 5.56 Å². The van der Waals surface area contributed by atoms with Crippen LogP contribution < -0.4 is 15.0 Å². The van der Waals surface area contributed by atoms with Crippen molar-refractivity contribution < 1.29 is 14.3 Å². The van der Waals surface area contributed by atoms with Gasteiger partial charge in [0.15, 0.2) is 12.4 Å². The topological polar surface area (TPSA) is 76.6 Å². The van der Waals surface area contributed by atoms with E-state index < -0.39 is 0 Å². The minimum atomic E-state index is -0.237. The highest BCUT2D eigenvalue weighted by Gasteiger charge is 2.20. The Bertz CT molecular complexity index is 1030. The number of hydrogen-bond donors (Lipinski definition) is 1. The second kappa shape index (κ2) is 9.75. The largest absolute Gasteiger partial charge is 0.465 e. The fourth-order valence-electron chi connectivity index (χ4n) is 3.51. The minimum Gasteiger partial charge on any atom is -0.465 e. The first-order valence-electron chi connectivity index (χ1n) is 10.8. The van der Waals surface area contributed by atoms with Gasteiger partial charge in [0, 0.05) is 18.8 Å². The van der Waals surface area contributed by atoms with E-state index in [2.05, 4.69) is 41.2 Å². The first-order valence-corrected chi connectivity index (χ1v) is 10.8. The molecule has 1 amide bonds. The summed E-state index contributed by atoms with van der Waals surface area (Å²) < 4.78 is 11.3. The van der Waals surface area contributed by atoms with E-state index in [0.29, 0.717) is 43.9 Å². The number of morpholine rings is 1. The third-order valence-corrected chi connectivity index (χ3v) is 5.55. The number of amides is 1. The summed E-state index contributed by atoms with van der Waals surface area (Å²) in [5.74, 6) is 1.27. The molecule has 1 aliphatic rings. The number of aromatic nitrogens is 2. The smallest absolute Gasteiger partial charge is 0.262 e. The van der Waals surface area contributed by atoms with Crippen LogP contribution in [-0.2, 0) is 9.53 Å². The van der Waals surface area contributed by atoms with Crippen molar-refractivity contribution in [2.45, 2.75) is 26.2 Å². The van der Waals surface area contributed by atoms with Gasteiger partial charge in [-0.05, 0) is 42.2 Å². The summed E-state index contributed by atoms with van der Waals surface area (Å²) in [6.45, 7) is 6.88. The van der Waals surface area contributed by atoms with Gasteiger partial charge in [-0.25, -0.2) is 9.97 Å².